The number of hydrogen-bond donors (Lipinski definition) is 2. The van der Waals surface area contributed by atoms with Crippen molar-refractivity contribution in [1.82, 2.24) is 5.32 Å². The van der Waals surface area contributed by atoms with Gasteiger partial charge in [-0.3, -0.25) is 5.32 Å². The Balaban J connectivity index is 2.00. The highest BCUT2D eigenvalue weighted by molar-refractivity contribution is 7.79. The molecule has 3 aromatic carbocycles. The maximum absolute atomic E-state index is 15.3. The van der Waals surface area contributed by atoms with Crippen LogP contribution < -0.4 is 15.9 Å². The number of terminal acetylenes is 1. The van der Waals surface area contributed by atoms with E-state index in [1.54, 1.807) is 6.07 Å². The maximum Gasteiger partial charge on any atom is 0.163 e. The Morgan fingerprint density at radius 1 is 0.939 bits per heavy atom. The molecule has 3 aromatic rings. The van der Waals surface area contributed by atoms with Crippen LogP contribution in [0, 0.1) is 12.3 Å². The molecule has 0 amide bonds. The topological polar surface area (TPSA) is 49.3 Å². The molecule has 33 heavy (non-hydrogen) atoms. The lowest BCUT2D eigenvalue weighted by atomic mass is 9.82. The summed E-state index contributed by atoms with van der Waals surface area (Å²) in [5, 5.41) is 16.4. The fourth-order valence-corrected chi connectivity index (χ4v) is 8.30. The highest BCUT2D eigenvalue weighted by Gasteiger charge is 2.44. The lowest BCUT2D eigenvalue weighted by molar-refractivity contribution is 0.291. The van der Waals surface area contributed by atoms with Crippen LogP contribution in [0.1, 0.15) is 43.5 Å². The summed E-state index contributed by atoms with van der Waals surface area (Å²) in [7, 11) is -3.43. The minimum Gasteiger partial charge on any atom is -0.506 e. The first-order valence-electron chi connectivity index (χ1n) is 11.0. The van der Waals surface area contributed by atoms with Gasteiger partial charge in [0.05, 0.1) is 16.3 Å². The van der Waals surface area contributed by atoms with E-state index in [-0.39, 0.29) is 10.8 Å². The summed E-state index contributed by atoms with van der Waals surface area (Å²) in [6.45, 7) is 0. The third-order valence-electron chi connectivity index (χ3n) is 6.39. The van der Waals surface area contributed by atoms with Crippen LogP contribution in [0.3, 0.4) is 0 Å². The average molecular weight is 498 g/mol. The molecule has 0 aliphatic heterocycles. The Morgan fingerprint density at radius 2 is 1.48 bits per heavy atom. The Hall–Kier alpha value is -2.21. The molecule has 6 heteroatoms. The first-order chi connectivity index (χ1) is 15.9. The SMILES string of the molecule is C#CC1(NC(c2cc(Cl)cc(Cl)c2O)P(=O)(c2ccccc2)c2ccccc2)CCCCC1. The van der Waals surface area contributed by atoms with Crippen molar-refractivity contribution in [1.29, 1.82) is 0 Å². The minimum absolute atomic E-state index is 0.107. The van der Waals surface area contributed by atoms with Crippen LogP contribution in [0.2, 0.25) is 10.0 Å². The summed E-state index contributed by atoms with van der Waals surface area (Å²) in [5.41, 5.74) is -0.271. The summed E-state index contributed by atoms with van der Waals surface area (Å²) in [4.78, 5) is 0. The molecule has 0 heterocycles. The van der Waals surface area contributed by atoms with Crippen LogP contribution in [0.4, 0.5) is 0 Å². The minimum atomic E-state index is -3.43. The predicted octanol–water partition coefficient (Wildman–Crippen LogP) is 6.64. The molecule has 2 N–H and O–H groups in total. The second-order valence-electron chi connectivity index (χ2n) is 8.49. The molecule has 170 valence electrons. The molecule has 1 atom stereocenters. The quantitative estimate of drug-likeness (QED) is 0.296. The summed E-state index contributed by atoms with van der Waals surface area (Å²) in [5.74, 6) is 1.99. The van der Waals surface area contributed by atoms with Crippen molar-refractivity contribution in [2.75, 3.05) is 0 Å². The summed E-state index contributed by atoms with van der Waals surface area (Å²) >= 11 is 12.7. The Kier molecular flexibility index (Phi) is 7.22. The number of rotatable bonds is 6. The van der Waals surface area contributed by atoms with E-state index in [0.717, 1.165) is 32.1 Å². The van der Waals surface area contributed by atoms with E-state index in [1.807, 2.05) is 60.7 Å². The first kappa shape index (κ1) is 23.9. The number of hydrogen-bond acceptors (Lipinski definition) is 3. The van der Waals surface area contributed by atoms with E-state index in [2.05, 4.69) is 11.2 Å². The third kappa shape index (κ3) is 4.72. The third-order valence-corrected chi connectivity index (χ3v) is 10.2. The van der Waals surface area contributed by atoms with Crippen molar-refractivity contribution in [3.05, 3.63) is 88.4 Å². The van der Waals surface area contributed by atoms with Crippen LogP contribution in [-0.4, -0.2) is 10.6 Å². The molecule has 1 aliphatic carbocycles. The Bertz CT molecular complexity index is 1160. The van der Waals surface area contributed by atoms with Crippen molar-refractivity contribution in [2.24, 2.45) is 0 Å². The number of phenols is 1. The monoisotopic (exact) mass is 497 g/mol. The lowest BCUT2D eigenvalue weighted by Gasteiger charge is -2.40. The van der Waals surface area contributed by atoms with Gasteiger partial charge in [-0.25, -0.2) is 0 Å². The fourth-order valence-electron chi connectivity index (χ4n) is 4.65. The highest BCUT2D eigenvalue weighted by Crippen LogP contribution is 2.59. The highest BCUT2D eigenvalue weighted by atomic mass is 35.5. The second-order valence-corrected chi connectivity index (χ2v) is 12.2. The van der Waals surface area contributed by atoms with Gasteiger partial charge in [0, 0.05) is 21.2 Å². The van der Waals surface area contributed by atoms with Crippen molar-refractivity contribution >= 4 is 41.0 Å². The zero-order chi connectivity index (χ0) is 23.5. The summed E-state index contributed by atoms with van der Waals surface area (Å²) in [6.07, 6.45) is 10.7. The Morgan fingerprint density at radius 3 is 2.00 bits per heavy atom. The van der Waals surface area contributed by atoms with E-state index in [0.29, 0.717) is 21.2 Å². The van der Waals surface area contributed by atoms with Gasteiger partial charge in [0.25, 0.3) is 0 Å². The largest absolute Gasteiger partial charge is 0.506 e. The van der Waals surface area contributed by atoms with Crippen LogP contribution in [-0.2, 0) is 4.57 Å². The lowest BCUT2D eigenvalue weighted by Crippen LogP contribution is -2.48. The molecule has 4 rings (SSSR count). The second kappa shape index (κ2) is 9.96. The molecular formula is C27H26Cl2NO2P. The zero-order valence-corrected chi connectivity index (χ0v) is 20.6. The van der Waals surface area contributed by atoms with E-state index in [9.17, 15) is 5.11 Å². The smallest absolute Gasteiger partial charge is 0.163 e. The standard InChI is InChI=1S/C27H26Cl2NO2P/c1-2-27(16-10-5-11-17-27)30-26(23-18-20(28)19-24(29)25(23)31)33(32,21-12-6-3-7-13-21)22-14-8-4-9-15-22/h1,3-4,6-9,12-15,18-19,26,30-31H,5,10-11,16-17H2. The fraction of sp³-hybridized carbons (Fsp3) is 0.259. The predicted molar refractivity (Wildman–Crippen MR) is 138 cm³/mol. The van der Waals surface area contributed by atoms with Gasteiger partial charge in [-0.1, -0.05) is 109 Å². The summed E-state index contributed by atoms with van der Waals surface area (Å²) in [6, 6.07) is 21.8. The van der Waals surface area contributed by atoms with Gasteiger partial charge in [0.1, 0.15) is 5.75 Å². The molecule has 0 aromatic heterocycles. The van der Waals surface area contributed by atoms with Gasteiger partial charge in [0.2, 0.25) is 0 Å². The van der Waals surface area contributed by atoms with E-state index in [4.69, 9.17) is 29.6 Å². The molecule has 0 saturated heterocycles. The van der Waals surface area contributed by atoms with Gasteiger partial charge < -0.3 is 9.67 Å². The van der Waals surface area contributed by atoms with Crippen molar-refractivity contribution in [2.45, 2.75) is 43.4 Å². The van der Waals surface area contributed by atoms with E-state index in [1.165, 1.54) is 6.07 Å². The molecule has 1 fully saturated rings. The number of benzene rings is 3. The first-order valence-corrected chi connectivity index (χ1v) is 13.6. The maximum atomic E-state index is 15.3. The number of halogens is 2. The summed E-state index contributed by atoms with van der Waals surface area (Å²) < 4.78 is 15.3. The van der Waals surface area contributed by atoms with Gasteiger partial charge in [0.15, 0.2) is 7.14 Å². The van der Waals surface area contributed by atoms with Crippen LogP contribution >= 0.6 is 30.3 Å². The number of phenolic OH excluding ortho intramolecular Hbond substituents is 1. The van der Waals surface area contributed by atoms with Gasteiger partial charge in [-0.2, -0.15) is 0 Å². The average Bonchev–Trinajstić information content (AvgIpc) is 2.86. The van der Waals surface area contributed by atoms with Crippen LogP contribution in [0.25, 0.3) is 0 Å². The molecule has 1 unspecified atom stereocenters. The van der Waals surface area contributed by atoms with Crippen molar-refractivity contribution in [3.8, 4) is 18.1 Å². The Labute approximate surface area is 205 Å². The van der Waals surface area contributed by atoms with E-state index >= 15 is 4.57 Å². The zero-order valence-electron chi connectivity index (χ0n) is 18.2. The molecule has 0 spiro atoms. The molecule has 3 nitrogen and oxygen atoms in total. The molecule has 1 aliphatic rings. The number of aromatic hydroxyl groups is 1. The number of nitrogens with one attached hydrogen (secondary N) is 1. The van der Waals surface area contributed by atoms with Crippen molar-refractivity contribution in [3.63, 3.8) is 0 Å². The van der Waals surface area contributed by atoms with Gasteiger partial charge >= 0.3 is 0 Å². The van der Waals surface area contributed by atoms with Crippen LogP contribution in [0.5, 0.6) is 5.75 Å². The molecule has 1 saturated carbocycles. The normalized spacial score (nSPS) is 16.6. The van der Waals surface area contributed by atoms with Gasteiger partial charge in [-0.05, 0) is 25.0 Å². The van der Waals surface area contributed by atoms with Crippen LogP contribution in [0.15, 0.2) is 72.8 Å². The molecule has 0 radical (unpaired) electrons. The van der Waals surface area contributed by atoms with Crippen molar-refractivity contribution < 1.29 is 9.67 Å². The van der Waals surface area contributed by atoms with E-state index < -0.39 is 18.5 Å². The molecule has 0 bridgehead atoms. The molecular weight excluding hydrogens is 472 g/mol. The van der Waals surface area contributed by atoms with Gasteiger partial charge in [-0.15, -0.1) is 6.42 Å².